The predicted octanol–water partition coefficient (Wildman–Crippen LogP) is 3.82. The molecule has 0 aliphatic carbocycles. The summed E-state index contributed by atoms with van der Waals surface area (Å²) in [7, 11) is 1.61. The van der Waals surface area contributed by atoms with Crippen LogP contribution in [0.15, 0.2) is 60.0 Å². The SMILES string of the molecule is COc1ccc(N=CNC(=O)c2cccc(Cl)c2)c(NCCc2cnc[nH]2)c1. The van der Waals surface area contributed by atoms with E-state index in [-0.39, 0.29) is 5.91 Å². The number of imidazole rings is 1. The van der Waals surface area contributed by atoms with Crippen LogP contribution in [0.3, 0.4) is 0 Å². The maximum absolute atomic E-state index is 12.2. The van der Waals surface area contributed by atoms with Crippen LogP contribution in [0.4, 0.5) is 11.4 Å². The van der Waals surface area contributed by atoms with Crippen molar-refractivity contribution in [2.24, 2.45) is 4.99 Å². The summed E-state index contributed by atoms with van der Waals surface area (Å²) in [5.74, 6) is 0.430. The first-order chi connectivity index (χ1) is 13.7. The fourth-order valence-electron chi connectivity index (χ4n) is 2.52. The van der Waals surface area contributed by atoms with Gasteiger partial charge in [-0.1, -0.05) is 17.7 Å². The van der Waals surface area contributed by atoms with Crippen molar-refractivity contribution in [3.05, 3.63) is 71.3 Å². The largest absolute Gasteiger partial charge is 0.497 e. The van der Waals surface area contributed by atoms with Crippen molar-refractivity contribution in [3.8, 4) is 5.75 Å². The van der Waals surface area contributed by atoms with Crippen LogP contribution in [0.5, 0.6) is 5.75 Å². The normalized spacial score (nSPS) is 10.8. The lowest BCUT2D eigenvalue weighted by atomic mass is 10.2. The number of rotatable bonds is 8. The van der Waals surface area contributed by atoms with Gasteiger partial charge >= 0.3 is 0 Å². The number of hydrogen-bond acceptors (Lipinski definition) is 5. The third-order valence-corrected chi connectivity index (χ3v) is 4.19. The molecule has 2 aromatic carbocycles. The molecule has 0 atom stereocenters. The zero-order valence-corrected chi connectivity index (χ0v) is 16.0. The minimum atomic E-state index is -0.284. The van der Waals surface area contributed by atoms with E-state index in [9.17, 15) is 4.79 Å². The zero-order chi connectivity index (χ0) is 19.8. The number of methoxy groups -OCH3 is 1. The second-order valence-corrected chi connectivity index (χ2v) is 6.32. The van der Waals surface area contributed by atoms with Crippen molar-refractivity contribution in [1.29, 1.82) is 0 Å². The molecule has 144 valence electrons. The molecule has 0 aliphatic rings. The number of aromatic nitrogens is 2. The standard InChI is InChI=1S/C20H20ClN5O2/c1-28-17-5-6-18(19(10-17)23-8-7-16-11-22-12-24-16)25-13-26-20(27)14-3-2-4-15(21)9-14/h2-6,9-13,23H,7-8H2,1H3,(H,22,24)(H,25,26,27). The Bertz CT molecular complexity index is 957. The van der Waals surface area contributed by atoms with Crippen molar-refractivity contribution in [2.45, 2.75) is 6.42 Å². The number of ether oxygens (including phenoxy) is 1. The van der Waals surface area contributed by atoms with Gasteiger partial charge in [-0.25, -0.2) is 9.98 Å². The second-order valence-electron chi connectivity index (χ2n) is 5.88. The summed E-state index contributed by atoms with van der Waals surface area (Å²) in [6, 6.07) is 12.2. The summed E-state index contributed by atoms with van der Waals surface area (Å²) in [6.07, 6.45) is 5.59. The molecule has 3 rings (SSSR count). The molecule has 1 heterocycles. The van der Waals surface area contributed by atoms with Crippen molar-refractivity contribution in [3.63, 3.8) is 0 Å². The fraction of sp³-hybridized carbons (Fsp3) is 0.150. The lowest BCUT2D eigenvalue weighted by Gasteiger charge is -2.11. The molecule has 0 spiro atoms. The van der Waals surface area contributed by atoms with Gasteiger partial charge in [0.25, 0.3) is 5.91 Å². The monoisotopic (exact) mass is 397 g/mol. The minimum absolute atomic E-state index is 0.284. The van der Waals surface area contributed by atoms with Crippen LogP contribution in [0, 0.1) is 0 Å². The quantitative estimate of drug-likeness (QED) is 0.398. The Morgan fingerprint density at radius 2 is 2.21 bits per heavy atom. The van der Waals surface area contributed by atoms with Gasteiger partial charge in [-0.3, -0.25) is 4.79 Å². The number of benzene rings is 2. The molecule has 8 heteroatoms. The van der Waals surface area contributed by atoms with E-state index in [1.807, 2.05) is 18.2 Å². The third-order valence-electron chi connectivity index (χ3n) is 3.95. The van der Waals surface area contributed by atoms with Gasteiger partial charge in [-0.05, 0) is 30.3 Å². The first kappa shape index (κ1) is 19.4. The molecule has 28 heavy (non-hydrogen) atoms. The van der Waals surface area contributed by atoms with E-state index in [0.717, 1.165) is 17.8 Å². The van der Waals surface area contributed by atoms with Gasteiger partial charge in [-0.2, -0.15) is 0 Å². The highest BCUT2D eigenvalue weighted by Gasteiger charge is 2.06. The topological polar surface area (TPSA) is 91.4 Å². The van der Waals surface area contributed by atoms with E-state index in [1.54, 1.807) is 43.9 Å². The number of aliphatic imine (C=N–C) groups is 1. The van der Waals surface area contributed by atoms with Gasteiger partial charge in [0.05, 0.1) is 31.2 Å². The van der Waals surface area contributed by atoms with Gasteiger partial charge in [0.15, 0.2) is 0 Å². The molecule has 7 nitrogen and oxygen atoms in total. The Labute approximate surface area is 167 Å². The van der Waals surface area contributed by atoms with Crippen LogP contribution >= 0.6 is 11.6 Å². The second kappa shape index (κ2) is 9.57. The molecule has 0 bridgehead atoms. The summed E-state index contributed by atoms with van der Waals surface area (Å²) in [5, 5.41) is 6.48. The molecular weight excluding hydrogens is 378 g/mol. The number of anilines is 1. The van der Waals surface area contributed by atoms with Crippen LogP contribution in [0.25, 0.3) is 0 Å². The Balaban J connectivity index is 1.66. The molecule has 0 unspecified atom stereocenters. The summed E-state index contributed by atoms with van der Waals surface area (Å²) >= 11 is 5.91. The van der Waals surface area contributed by atoms with Crippen molar-refractivity contribution in [2.75, 3.05) is 19.0 Å². The van der Waals surface area contributed by atoms with Crippen molar-refractivity contribution in [1.82, 2.24) is 15.3 Å². The van der Waals surface area contributed by atoms with Crippen LogP contribution in [-0.2, 0) is 6.42 Å². The molecule has 1 amide bonds. The molecule has 0 fully saturated rings. The predicted molar refractivity (Wildman–Crippen MR) is 111 cm³/mol. The molecule has 0 saturated heterocycles. The number of halogens is 1. The van der Waals surface area contributed by atoms with E-state index in [2.05, 4.69) is 25.6 Å². The molecule has 0 saturated carbocycles. The Morgan fingerprint density at radius 1 is 1.32 bits per heavy atom. The van der Waals surface area contributed by atoms with E-state index >= 15 is 0 Å². The van der Waals surface area contributed by atoms with Gasteiger partial charge < -0.3 is 20.4 Å². The Kier molecular flexibility index (Phi) is 6.64. The van der Waals surface area contributed by atoms with Crippen LogP contribution in [0.1, 0.15) is 16.1 Å². The van der Waals surface area contributed by atoms with E-state index in [4.69, 9.17) is 16.3 Å². The fourth-order valence-corrected chi connectivity index (χ4v) is 2.71. The highest BCUT2D eigenvalue weighted by Crippen LogP contribution is 2.29. The molecule has 1 aromatic heterocycles. The molecule has 3 aromatic rings. The van der Waals surface area contributed by atoms with Gasteiger partial charge in [0, 0.05) is 41.5 Å². The number of H-pyrrole nitrogens is 1. The average molecular weight is 398 g/mol. The summed E-state index contributed by atoms with van der Waals surface area (Å²) in [5.41, 5.74) is 2.98. The maximum atomic E-state index is 12.2. The number of aromatic amines is 1. The van der Waals surface area contributed by atoms with Crippen molar-refractivity contribution < 1.29 is 9.53 Å². The number of nitrogens with zero attached hydrogens (tertiary/aromatic N) is 2. The van der Waals surface area contributed by atoms with Gasteiger partial charge in [0.2, 0.25) is 0 Å². The summed E-state index contributed by atoms with van der Waals surface area (Å²) in [4.78, 5) is 23.6. The number of nitrogens with one attached hydrogen (secondary N) is 3. The van der Waals surface area contributed by atoms with Crippen LogP contribution in [-0.4, -0.2) is 35.9 Å². The lowest BCUT2D eigenvalue weighted by Crippen LogP contribution is -2.21. The maximum Gasteiger partial charge on any atom is 0.256 e. The van der Waals surface area contributed by atoms with Gasteiger partial charge in [0.1, 0.15) is 5.75 Å². The summed E-state index contributed by atoms with van der Waals surface area (Å²) in [6.45, 7) is 0.687. The lowest BCUT2D eigenvalue weighted by molar-refractivity contribution is 0.0978. The van der Waals surface area contributed by atoms with E-state index in [1.165, 1.54) is 6.34 Å². The van der Waals surface area contributed by atoms with E-state index in [0.29, 0.717) is 28.6 Å². The number of hydrogen-bond donors (Lipinski definition) is 3. The summed E-state index contributed by atoms with van der Waals surface area (Å²) < 4.78 is 5.28. The molecule has 3 N–H and O–H groups in total. The minimum Gasteiger partial charge on any atom is -0.497 e. The molecule has 0 radical (unpaired) electrons. The highest BCUT2D eigenvalue weighted by molar-refractivity contribution is 6.31. The van der Waals surface area contributed by atoms with Crippen molar-refractivity contribution >= 4 is 35.2 Å². The molecule has 0 aliphatic heterocycles. The smallest absolute Gasteiger partial charge is 0.256 e. The van der Waals surface area contributed by atoms with Crippen LogP contribution < -0.4 is 15.4 Å². The number of carbonyl (C=O) groups excluding carboxylic acids is 1. The van der Waals surface area contributed by atoms with Gasteiger partial charge in [-0.15, -0.1) is 0 Å². The average Bonchev–Trinajstić information content (AvgIpc) is 3.22. The Hall–Kier alpha value is -3.32. The number of amides is 1. The zero-order valence-electron chi connectivity index (χ0n) is 15.3. The first-order valence-electron chi connectivity index (χ1n) is 8.64. The van der Waals surface area contributed by atoms with Crippen LogP contribution in [0.2, 0.25) is 5.02 Å². The number of carbonyl (C=O) groups is 1. The third kappa shape index (κ3) is 5.34. The molecular formula is C20H20ClN5O2. The first-order valence-corrected chi connectivity index (χ1v) is 9.01. The van der Waals surface area contributed by atoms with E-state index < -0.39 is 0 Å². The highest BCUT2D eigenvalue weighted by atomic mass is 35.5. The Morgan fingerprint density at radius 3 is 2.96 bits per heavy atom.